The zero-order chi connectivity index (χ0) is 14.4. The average Bonchev–Trinajstić information content (AvgIpc) is 2.95. The zero-order valence-electron chi connectivity index (χ0n) is 10.5. The molecule has 0 aliphatic rings. The molecule has 1 amide bonds. The van der Waals surface area contributed by atoms with Crippen LogP contribution < -0.4 is 5.32 Å². The molecule has 0 unspecified atom stereocenters. The first-order valence-corrected chi connectivity index (χ1v) is 6.78. The summed E-state index contributed by atoms with van der Waals surface area (Å²) >= 11 is 1.54. The Bertz CT molecular complexity index is 595. The van der Waals surface area contributed by atoms with Crippen LogP contribution in [0.3, 0.4) is 0 Å². The van der Waals surface area contributed by atoms with Gasteiger partial charge in [-0.3, -0.25) is 4.79 Å². The first-order valence-electron chi connectivity index (χ1n) is 5.90. The maximum absolute atomic E-state index is 11.6. The van der Waals surface area contributed by atoms with Crippen LogP contribution in [0.15, 0.2) is 41.8 Å². The molecule has 1 heterocycles. The van der Waals surface area contributed by atoms with E-state index in [0.29, 0.717) is 6.54 Å². The Labute approximate surface area is 119 Å². The topological polar surface area (TPSA) is 75.6 Å². The third-order valence-corrected chi connectivity index (χ3v) is 3.33. The van der Waals surface area contributed by atoms with Crippen molar-refractivity contribution in [3.63, 3.8) is 0 Å². The van der Waals surface area contributed by atoms with E-state index in [2.05, 4.69) is 5.32 Å². The largest absolute Gasteiger partial charge is 0.508 e. The number of benzene rings is 1. The van der Waals surface area contributed by atoms with Gasteiger partial charge in [-0.05, 0) is 29.6 Å². The Kier molecular flexibility index (Phi) is 4.73. The SMILES string of the molecule is O=C(COC(=O)c1cccc(O)c1)NCc1cccs1. The van der Waals surface area contributed by atoms with Gasteiger partial charge in [0.15, 0.2) is 6.61 Å². The summed E-state index contributed by atoms with van der Waals surface area (Å²) in [5.41, 5.74) is 0.205. The molecule has 104 valence electrons. The van der Waals surface area contributed by atoms with Crippen LogP contribution in [0.4, 0.5) is 0 Å². The summed E-state index contributed by atoms with van der Waals surface area (Å²) in [6.45, 7) is 0.0695. The quantitative estimate of drug-likeness (QED) is 0.825. The molecule has 5 nitrogen and oxygen atoms in total. The first-order chi connectivity index (χ1) is 9.65. The average molecular weight is 291 g/mol. The second-order valence-corrected chi connectivity index (χ2v) is 5.01. The molecule has 0 saturated carbocycles. The number of ether oxygens (including phenoxy) is 1. The summed E-state index contributed by atoms with van der Waals surface area (Å²) in [5, 5.41) is 13.8. The number of nitrogens with one attached hydrogen (secondary N) is 1. The van der Waals surface area contributed by atoms with E-state index in [9.17, 15) is 14.7 Å². The number of aromatic hydroxyl groups is 1. The van der Waals surface area contributed by atoms with E-state index < -0.39 is 5.97 Å². The maximum atomic E-state index is 11.6. The second-order valence-electron chi connectivity index (χ2n) is 3.98. The van der Waals surface area contributed by atoms with E-state index in [1.54, 1.807) is 0 Å². The van der Waals surface area contributed by atoms with Gasteiger partial charge < -0.3 is 15.2 Å². The molecule has 2 aromatic rings. The highest BCUT2D eigenvalue weighted by Crippen LogP contribution is 2.11. The van der Waals surface area contributed by atoms with Crippen molar-refractivity contribution in [1.82, 2.24) is 5.32 Å². The van der Waals surface area contributed by atoms with Crippen LogP contribution in [0.2, 0.25) is 0 Å². The molecule has 1 aromatic heterocycles. The number of hydrogen-bond acceptors (Lipinski definition) is 5. The van der Waals surface area contributed by atoms with Gasteiger partial charge in [0.2, 0.25) is 0 Å². The van der Waals surface area contributed by atoms with Crippen molar-refractivity contribution < 1.29 is 19.4 Å². The van der Waals surface area contributed by atoms with Gasteiger partial charge in [0.1, 0.15) is 5.75 Å². The molecule has 0 atom stereocenters. The van der Waals surface area contributed by atoms with Crippen molar-refractivity contribution in [3.05, 3.63) is 52.2 Å². The molecule has 20 heavy (non-hydrogen) atoms. The second kappa shape index (κ2) is 6.72. The highest BCUT2D eigenvalue weighted by molar-refractivity contribution is 7.09. The smallest absolute Gasteiger partial charge is 0.338 e. The lowest BCUT2D eigenvalue weighted by molar-refractivity contribution is -0.124. The number of esters is 1. The minimum Gasteiger partial charge on any atom is -0.508 e. The molecule has 1 aromatic carbocycles. The van der Waals surface area contributed by atoms with Gasteiger partial charge in [0.05, 0.1) is 12.1 Å². The summed E-state index contributed by atoms with van der Waals surface area (Å²) in [7, 11) is 0. The standard InChI is InChI=1S/C14H13NO4S/c16-11-4-1-3-10(7-11)14(18)19-9-13(17)15-8-12-5-2-6-20-12/h1-7,16H,8-9H2,(H,15,17). The molecule has 2 N–H and O–H groups in total. The number of amides is 1. The van der Waals surface area contributed by atoms with E-state index in [1.165, 1.54) is 35.6 Å². The predicted molar refractivity (Wildman–Crippen MR) is 74.6 cm³/mol. The fraction of sp³-hybridized carbons (Fsp3) is 0.143. The van der Waals surface area contributed by atoms with Gasteiger partial charge in [-0.25, -0.2) is 4.79 Å². The lowest BCUT2D eigenvalue weighted by Gasteiger charge is -2.06. The van der Waals surface area contributed by atoms with Crippen LogP contribution in [-0.2, 0) is 16.1 Å². The summed E-state index contributed by atoms with van der Waals surface area (Å²) in [6, 6.07) is 9.57. The number of carbonyl (C=O) groups excluding carboxylic acids is 2. The molecule has 0 aliphatic heterocycles. The summed E-state index contributed by atoms with van der Waals surface area (Å²) in [5.74, 6) is -1.04. The van der Waals surface area contributed by atoms with Crippen LogP contribution in [0.5, 0.6) is 5.75 Å². The number of thiophene rings is 1. The van der Waals surface area contributed by atoms with Crippen molar-refractivity contribution in [2.24, 2.45) is 0 Å². The first kappa shape index (κ1) is 14.1. The van der Waals surface area contributed by atoms with Crippen LogP contribution in [0.25, 0.3) is 0 Å². The molecule has 6 heteroatoms. The molecule has 0 radical (unpaired) electrons. The number of rotatable bonds is 5. The fourth-order valence-electron chi connectivity index (χ4n) is 1.50. The molecular weight excluding hydrogens is 278 g/mol. The van der Waals surface area contributed by atoms with E-state index in [0.717, 1.165) is 4.88 Å². The van der Waals surface area contributed by atoms with Crippen molar-refractivity contribution in [1.29, 1.82) is 0 Å². The highest BCUT2D eigenvalue weighted by atomic mass is 32.1. The molecule has 0 saturated heterocycles. The maximum Gasteiger partial charge on any atom is 0.338 e. The summed E-state index contributed by atoms with van der Waals surface area (Å²) in [6.07, 6.45) is 0. The Hall–Kier alpha value is -2.34. The van der Waals surface area contributed by atoms with Crippen molar-refractivity contribution in [2.75, 3.05) is 6.61 Å². The minimum absolute atomic E-state index is 0.0263. The lowest BCUT2D eigenvalue weighted by Crippen LogP contribution is -2.28. The molecule has 0 fully saturated rings. The summed E-state index contributed by atoms with van der Waals surface area (Å²) in [4.78, 5) is 24.2. The van der Waals surface area contributed by atoms with Crippen molar-refractivity contribution in [3.8, 4) is 5.75 Å². The fourth-order valence-corrected chi connectivity index (χ4v) is 2.14. The number of hydrogen-bond donors (Lipinski definition) is 2. The number of phenolic OH excluding ortho intramolecular Hbond substituents is 1. The Morgan fingerprint density at radius 3 is 2.80 bits per heavy atom. The monoisotopic (exact) mass is 291 g/mol. The molecule has 0 spiro atoms. The van der Waals surface area contributed by atoms with Crippen LogP contribution >= 0.6 is 11.3 Å². The normalized spacial score (nSPS) is 10.0. The van der Waals surface area contributed by atoms with E-state index in [4.69, 9.17) is 4.74 Å². The molecule has 0 bridgehead atoms. The Balaban J connectivity index is 1.77. The number of phenols is 1. The van der Waals surface area contributed by atoms with Gasteiger partial charge >= 0.3 is 5.97 Å². The third-order valence-electron chi connectivity index (χ3n) is 2.46. The van der Waals surface area contributed by atoms with E-state index >= 15 is 0 Å². The van der Waals surface area contributed by atoms with E-state index in [-0.39, 0.29) is 23.8 Å². The lowest BCUT2D eigenvalue weighted by atomic mass is 10.2. The number of carbonyl (C=O) groups is 2. The van der Waals surface area contributed by atoms with Gasteiger partial charge in [0.25, 0.3) is 5.91 Å². The molecular formula is C14H13NO4S. The predicted octanol–water partition coefficient (Wildman–Crippen LogP) is 1.93. The van der Waals surface area contributed by atoms with Crippen molar-refractivity contribution in [2.45, 2.75) is 6.54 Å². The molecule has 2 rings (SSSR count). The van der Waals surface area contributed by atoms with Crippen LogP contribution in [-0.4, -0.2) is 23.6 Å². The highest BCUT2D eigenvalue weighted by Gasteiger charge is 2.10. The van der Waals surface area contributed by atoms with Crippen LogP contribution in [0.1, 0.15) is 15.2 Å². The Morgan fingerprint density at radius 1 is 1.25 bits per heavy atom. The van der Waals surface area contributed by atoms with Crippen LogP contribution in [0, 0.1) is 0 Å². The van der Waals surface area contributed by atoms with E-state index in [1.807, 2.05) is 17.5 Å². The van der Waals surface area contributed by atoms with Gasteiger partial charge in [-0.15, -0.1) is 11.3 Å². The third kappa shape index (κ3) is 4.10. The Morgan fingerprint density at radius 2 is 2.10 bits per heavy atom. The zero-order valence-corrected chi connectivity index (χ0v) is 11.4. The minimum atomic E-state index is -0.646. The van der Waals surface area contributed by atoms with Gasteiger partial charge in [-0.2, -0.15) is 0 Å². The summed E-state index contributed by atoms with van der Waals surface area (Å²) < 4.78 is 4.86. The van der Waals surface area contributed by atoms with Gasteiger partial charge in [-0.1, -0.05) is 12.1 Å². The van der Waals surface area contributed by atoms with Crippen molar-refractivity contribution >= 4 is 23.2 Å². The van der Waals surface area contributed by atoms with Gasteiger partial charge in [0, 0.05) is 4.88 Å². The molecule has 0 aliphatic carbocycles.